The van der Waals surface area contributed by atoms with E-state index in [1.54, 1.807) is 4.90 Å². The van der Waals surface area contributed by atoms with Gasteiger partial charge in [0.25, 0.3) is 11.9 Å². The number of halogens is 5. The molecule has 3 saturated carbocycles. The molecule has 2 aromatic rings. The monoisotopic (exact) mass is 497 g/mol. The van der Waals surface area contributed by atoms with Crippen molar-refractivity contribution in [2.24, 2.45) is 23.7 Å². The minimum atomic E-state index is -4.63. The summed E-state index contributed by atoms with van der Waals surface area (Å²) in [6, 6.07) is 1.72. The molecule has 4 atom stereocenters. The molecule has 0 spiro atoms. The number of anilines is 2. The van der Waals surface area contributed by atoms with Gasteiger partial charge >= 0.3 is 6.18 Å². The molecule has 6 nitrogen and oxygen atoms in total. The molecule has 1 amide bonds. The SMILES string of the molecule is O=C(Nc1cc(F)c(OC2CC3CC3C2)c(F)c1)c1nc(N2CC3CCC3C2)oc1CC(F)(F)F. The number of alkyl halides is 3. The molecule has 0 bridgehead atoms. The molecule has 1 saturated heterocycles. The van der Waals surface area contributed by atoms with E-state index in [2.05, 4.69) is 10.3 Å². The van der Waals surface area contributed by atoms with E-state index in [1.165, 1.54) is 0 Å². The molecule has 4 fully saturated rings. The number of rotatable bonds is 6. The van der Waals surface area contributed by atoms with E-state index in [0.29, 0.717) is 36.8 Å². The summed E-state index contributed by atoms with van der Waals surface area (Å²) in [5.41, 5.74) is -0.809. The van der Waals surface area contributed by atoms with E-state index in [1.807, 2.05) is 0 Å². The Kier molecular flexibility index (Phi) is 5.23. The number of amides is 1. The smallest absolute Gasteiger partial charge is 0.396 e. The number of nitrogens with zero attached hydrogens (tertiary/aromatic N) is 2. The highest BCUT2D eigenvalue weighted by molar-refractivity contribution is 6.03. The van der Waals surface area contributed by atoms with E-state index in [-0.39, 0.29) is 17.8 Å². The third kappa shape index (κ3) is 4.45. The van der Waals surface area contributed by atoms with Gasteiger partial charge in [-0.05, 0) is 55.8 Å². The summed E-state index contributed by atoms with van der Waals surface area (Å²) in [7, 11) is 0. The van der Waals surface area contributed by atoms with Crippen molar-refractivity contribution in [1.82, 2.24) is 4.98 Å². The standard InChI is InChI=1S/C24H24F5N3O3/c25-17-6-15(7-18(26)21(17)34-16-4-13-3-14(13)5-16)30-22(33)20-19(8-24(27,28)29)35-23(31-20)32-9-11-1-2-12(11)10-32/h6-7,11-14,16H,1-5,8-10H2,(H,30,33). The molecular weight excluding hydrogens is 473 g/mol. The summed E-state index contributed by atoms with van der Waals surface area (Å²) < 4.78 is 79.5. The molecule has 4 unspecified atom stereocenters. The average molecular weight is 497 g/mol. The van der Waals surface area contributed by atoms with Crippen molar-refractivity contribution in [1.29, 1.82) is 0 Å². The summed E-state index contributed by atoms with van der Waals surface area (Å²) >= 11 is 0. The topological polar surface area (TPSA) is 67.6 Å². The van der Waals surface area contributed by atoms with Crippen molar-refractivity contribution in [3.8, 4) is 5.75 Å². The highest BCUT2D eigenvalue weighted by Gasteiger charge is 2.47. The van der Waals surface area contributed by atoms with Crippen LogP contribution in [0.25, 0.3) is 0 Å². The number of fused-ring (bicyclic) bond motifs is 2. The highest BCUT2D eigenvalue weighted by Crippen LogP contribution is 2.52. The molecule has 188 valence electrons. The van der Waals surface area contributed by atoms with Gasteiger partial charge in [0.05, 0.1) is 6.10 Å². The van der Waals surface area contributed by atoms with E-state index < -0.39 is 47.3 Å². The van der Waals surface area contributed by atoms with Crippen molar-refractivity contribution >= 4 is 17.6 Å². The fourth-order valence-corrected chi connectivity index (χ4v) is 5.73. The second-order valence-electron chi connectivity index (χ2n) is 10.3. The maximum absolute atomic E-state index is 14.6. The second-order valence-corrected chi connectivity index (χ2v) is 10.3. The Morgan fingerprint density at radius 1 is 1.06 bits per heavy atom. The fraction of sp³-hybridized carbons (Fsp3) is 0.583. The van der Waals surface area contributed by atoms with Gasteiger partial charge in [0, 0.05) is 30.9 Å². The number of nitrogens with one attached hydrogen (secondary N) is 1. The fourth-order valence-electron chi connectivity index (χ4n) is 5.73. The number of ether oxygens (including phenoxy) is 1. The van der Waals surface area contributed by atoms with Crippen molar-refractivity contribution < 1.29 is 35.9 Å². The minimum absolute atomic E-state index is 0.0421. The third-order valence-electron chi connectivity index (χ3n) is 7.76. The van der Waals surface area contributed by atoms with Crippen LogP contribution in [0, 0.1) is 35.3 Å². The summed E-state index contributed by atoms with van der Waals surface area (Å²) in [6.45, 7) is 1.22. The lowest BCUT2D eigenvalue weighted by Gasteiger charge is -2.27. The van der Waals surface area contributed by atoms with Crippen LogP contribution in [0.1, 0.15) is 48.4 Å². The van der Waals surface area contributed by atoms with Gasteiger partial charge in [-0.2, -0.15) is 18.2 Å². The summed E-state index contributed by atoms with van der Waals surface area (Å²) in [6.07, 6.45) is -1.62. The van der Waals surface area contributed by atoms with Crippen LogP contribution in [-0.4, -0.2) is 36.3 Å². The number of hydrogen-bond acceptors (Lipinski definition) is 5. The van der Waals surface area contributed by atoms with Crippen LogP contribution in [0.15, 0.2) is 16.5 Å². The lowest BCUT2D eigenvalue weighted by Crippen LogP contribution is -2.22. The Morgan fingerprint density at radius 3 is 2.26 bits per heavy atom. The Hall–Kier alpha value is -2.85. The molecule has 3 aliphatic carbocycles. The number of carbonyl (C=O) groups is 1. The lowest BCUT2D eigenvalue weighted by molar-refractivity contribution is -0.130. The molecule has 11 heteroatoms. The summed E-state index contributed by atoms with van der Waals surface area (Å²) in [5, 5.41) is 2.25. The number of aromatic nitrogens is 1. The molecule has 1 aromatic carbocycles. The van der Waals surface area contributed by atoms with Crippen LogP contribution in [0.3, 0.4) is 0 Å². The molecule has 2 heterocycles. The zero-order valence-corrected chi connectivity index (χ0v) is 18.7. The van der Waals surface area contributed by atoms with Gasteiger partial charge in [-0.3, -0.25) is 4.79 Å². The molecular formula is C24H24F5N3O3. The van der Waals surface area contributed by atoms with Crippen LogP contribution in [0.2, 0.25) is 0 Å². The molecule has 1 aliphatic heterocycles. The first-order valence-corrected chi connectivity index (χ1v) is 11.9. The van der Waals surface area contributed by atoms with Gasteiger partial charge in [0.2, 0.25) is 0 Å². The summed E-state index contributed by atoms with van der Waals surface area (Å²) in [5.74, 6) is -2.14. The molecule has 1 aromatic heterocycles. The van der Waals surface area contributed by atoms with Crippen LogP contribution in [-0.2, 0) is 6.42 Å². The van der Waals surface area contributed by atoms with Gasteiger partial charge in [0.1, 0.15) is 12.2 Å². The van der Waals surface area contributed by atoms with Crippen LogP contribution in [0.4, 0.5) is 33.7 Å². The lowest BCUT2D eigenvalue weighted by atomic mass is 9.77. The zero-order chi connectivity index (χ0) is 24.5. The Labute approximate surface area is 197 Å². The van der Waals surface area contributed by atoms with Crippen molar-refractivity contribution in [2.75, 3.05) is 23.3 Å². The average Bonchev–Trinajstić information content (AvgIpc) is 3.05. The van der Waals surface area contributed by atoms with Gasteiger partial charge in [-0.25, -0.2) is 8.78 Å². The van der Waals surface area contributed by atoms with Crippen LogP contribution in [0.5, 0.6) is 5.75 Å². The Balaban J connectivity index is 1.20. The number of benzene rings is 1. The highest BCUT2D eigenvalue weighted by atomic mass is 19.4. The van der Waals surface area contributed by atoms with Crippen LogP contribution < -0.4 is 15.0 Å². The van der Waals surface area contributed by atoms with Gasteiger partial charge in [-0.1, -0.05) is 0 Å². The minimum Gasteiger partial charge on any atom is -0.484 e. The van der Waals surface area contributed by atoms with E-state index >= 15 is 0 Å². The first-order valence-electron chi connectivity index (χ1n) is 11.9. The van der Waals surface area contributed by atoms with Crippen molar-refractivity contribution in [3.05, 3.63) is 35.2 Å². The second kappa shape index (κ2) is 8.09. The summed E-state index contributed by atoms with van der Waals surface area (Å²) in [4.78, 5) is 18.6. The Morgan fingerprint density at radius 2 is 1.69 bits per heavy atom. The molecule has 4 aliphatic rings. The van der Waals surface area contributed by atoms with Crippen molar-refractivity contribution in [3.63, 3.8) is 0 Å². The largest absolute Gasteiger partial charge is 0.484 e. The molecule has 1 N–H and O–H groups in total. The number of carbonyl (C=O) groups excluding carboxylic acids is 1. The van der Waals surface area contributed by atoms with Crippen molar-refractivity contribution in [2.45, 2.75) is 50.8 Å². The maximum atomic E-state index is 14.6. The predicted octanol–water partition coefficient (Wildman–Crippen LogP) is 5.33. The normalized spacial score (nSPS) is 28.9. The Bertz CT molecular complexity index is 1120. The van der Waals surface area contributed by atoms with E-state index in [4.69, 9.17) is 9.15 Å². The number of hydrogen-bond donors (Lipinski definition) is 1. The molecule has 6 rings (SSSR count). The van der Waals surface area contributed by atoms with Gasteiger partial charge < -0.3 is 19.4 Å². The first kappa shape index (κ1) is 22.6. The van der Waals surface area contributed by atoms with Crippen LogP contribution >= 0.6 is 0 Å². The van der Waals surface area contributed by atoms with E-state index in [0.717, 1.165) is 44.2 Å². The van der Waals surface area contributed by atoms with E-state index in [9.17, 15) is 26.7 Å². The number of oxazole rings is 1. The molecule has 35 heavy (non-hydrogen) atoms. The quantitative estimate of drug-likeness (QED) is 0.547. The zero-order valence-electron chi connectivity index (χ0n) is 18.7. The third-order valence-corrected chi connectivity index (χ3v) is 7.76. The maximum Gasteiger partial charge on any atom is 0.396 e. The first-order chi connectivity index (χ1) is 16.6. The predicted molar refractivity (Wildman–Crippen MR) is 114 cm³/mol. The van der Waals surface area contributed by atoms with Gasteiger partial charge in [0.15, 0.2) is 23.1 Å². The van der Waals surface area contributed by atoms with Gasteiger partial charge in [-0.15, -0.1) is 0 Å². The molecule has 0 radical (unpaired) electrons.